The highest BCUT2D eigenvalue weighted by molar-refractivity contribution is 7.89. The van der Waals surface area contributed by atoms with Crippen molar-refractivity contribution in [2.75, 3.05) is 19.6 Å². The molecular weight excluding hydrogens is 304 g/mol. The van der Waals surface area contributed by atoms with E-state index in [2.05, 4.69) is 0 Å². The smallest absolute Gasteiger partial charge is 0.244 e. The molecule has 1 saturated heterocycles. The number of thiophene rings is 1. The Morgan fingerprint density at radius 3 is 2.68 bits per heavy atom. The number of piperidine rings is 1. The molecule has 2 heterocycles. The number of nitrogens with two attached hydrogens (primary N) is 1. The average Bonchev–Trinajstić information content (AvgIpc) is 2.69. The number of hydrogen-bond donors (Lipinski definition) is 1. The predicted octanol–water partition coefficient (Wildman–Crippen LogP) is 2.15. The molecule has 4 nitrogen and oxygen atoms in total. The van der Waals surface area contributed by atoms with E-state index >= 15 is 0 Å². The number of sulfonamides is 1. The Labute approximate surface area is 125 Å². The van der Waals surface area contributed by atoms with E-state index in [1.54, 1.807) is 10.4 Å². The molecule has 7 heteroatoms. The van der Waals surface area contributed by atoms with Crippen LogP contribution < -0.4 is 5.73 Å². The molecule has 2 N–H and O–H groups in total. The van der Waals surface area contributed by atoms with Crippen LogP contribution in [0.2, 0.25) is 0 Å². The van der Waals surface area contributed by atoms with Crippen molar-refractivity contribution in [2.24, 2.45) is 11.7 Å². The Balaban J connectivity index is 0.00000180. The van der Waals surface area contributed by atoms with Crippen molar-refractivity contribution in [2.45, 2.75) is 31.6 Å². The molecule has 0 bridgehead atoms. The van der Waals surface area contributed by atoms with Crippen molar-refractivity contribution < 1.29 is 8.42 Å². The number of halogens is 1. The third-order valence-electron chi connectivity index (χ3n) is 3.43. The molecule has 2 rings (SSSR count). The maximum absolute atomic E-state index is 12.6. The molecule has 0 aliphatic carbocycles. The average molecular weight is 325 g/mol. The van der Waals surface area contributed by atoms with Crippen molar-refractivity contribution in [1.29, 1.82) is 0 Å². The van der Waals surface area contributed by atoms with Crippen LogP contribution in [0.1, 0.15) is 22.6 Å². The first-order valence-electron chi connectivity index (χ1n) is 6.22. The fourth-order valence-corrected chi connectivity index (χ4v) is 5.52. The third kappa shape index (κ3) is 3.49. The second-order valence-electron chi connectivity index (χ2n) is 4.88. The van der Waals surface area contributed by atoms with Crippen LogP contribution in [0.4, 0.5) is 0 Å². The maximum atomic E-state index is 12.6. The number of aryl methyl sites for hydroxylation is 2. The molecule has 0 radical (unpaired) electrons. The summed E-state index contributed by atoms with van der Waals surface area (Å²) < 4.78 is 26.7. The van der Waals surface area contributed by atoms with E-state index in [0.29, 0.717) is 30.4 Å². The molecule has 0 saturated carbocycles. The van der Waals surface area contributed by atoms with Crippen molar-refractivity contribution in [3.05, 3.63) is 15.8 Å². The fourth-order valence-electron chi connectivity index (χ4n) is 2.44. The second kappa shape index (κ2) is 6.54. The van der Waals surface area contributed by atoms with E-state index in [-0.39, 0.29) is 12.4 Å². The second-order valence-corrected chi connectivity index (χ2v) is 8.25. The van der Waals surface area contributed by atoms with Crippen LogP contribution in [0.3, 0.4) is 0 Å². The van der Waals surface area contributed by atoms with Crippen LogP contribution in [0.25, 0.3) is 0 Å². The Morgan fingerprint density at radius 1 is 1.47 bits per heavy atom. The van der Waals surface area contributed by atoms with E-state index in [1.165, 1.54) is 11.3 Å². The molecule has 1 aliphatic heterocycles. The van der Waals surface area contributed by atoms with Crippen LogP contribution in [0.15, 0.2) is 11.0 Å². The van der Waals surface area contributed by atoms with Gasteiger partial charge in [-0.15, -0.1) is 23.7 Å². The molecule has 1 aromatic rings. The summed E-state index contributed by atoms with van der Waals surface area (Å²) in [5, 5.41) is 0. The van der Waals surface area contributed by atoms with Gasteiger partial charge in [0, 0.05) is 22.8 Å². The first-order valence-corrected chi connectivity index (χ1v) is 8.48. The molecular formula is C12H21ClN2O2S2. The van der Waals surface area contributed by atoms with Crippen molar-refractivity contribution in [3.8, 4) is 0 Å². The number of nitrogens with zero attached hydrogens (tertiary/aromatic N) is 1. The molecule has 1 fully saturated rings. The predicted molar refractivity (Wildman–Crippen MR) is 81.6 cm³/mol. The summed E-state index contributed by atoms with van der Waals surface area (Å²) in [6, 6.07) is 1.78. The Hall–Kier alpha value is -0.140. The van der Waals surface area contributed by atoms with Crippen LogP contribution in [0.5, 0.6) is 0 Å². The van der Waals surface area contributed by atoms with Crippen LogP contribution in [0, 0.1) is 19.8 Å². The van der Waals surface area contributed by atoms with E-state index < -0.39 is 10.0 Å². The highest BCUT2D eigenvalue weighted by atomic mass is 35.5. The topological polar surface area (TPSA) is 63.4 Å². The minimum atomic E-state index is -3.33. The molecule has 1 aromatic heterocycles. The summed E-state index contributed by atoms with van der Waals surface area (Å²) in [6.45, 7) is 5.55. The largest absolute Gasteiger partial charge is 0.330 e. The minimum absolute atomic E-state index is 0. The first-order chi connectivity index (χ1) is 8.45. The van der Waals surface area contributed by atoms with Crippen molar-refractivity contribution in [1.82, 2.24) is 4.31 Å². The van der Waals surface area contributed by atoms with E-state index in [1.807, 2.05) is 13.8 Å². The van der Waals surface area contributed by atoms with E-state index in [0.717, 1.165) is 22.6 Å². The van der Waals surface area contributed by atoms with Crippen LogP contribution >= 0.6 is 23.7 Å². The lowest BCUT2D eigenvalue weighted by Gasteiger charge is -2.31. The first kappa shape index (κ1) is 16.9. The SMILES string of the molecule is Cc1cc(S(=O)(=O)N2CCCC(CN)C2)c(C)s1.Cl. The Morgan fingerprint density at radius 2 is 2.16 bits per heavy atom. The van der Waals surface area contributed by atoms with Crippen molar-refractivity contribution in [3.63, 3.8) is 0 Å². The van der Waals surface area contributed by atoms with Gasteiger partial charge < -0.3 is 5.73 Å². The zero-order chi connectivity index (χ0) is 13.3. The van der Waals surface area contributed by atoms with E-state index in [4.69, 9.17) is 5.73 Å². The standard InChI is InChI=1S/C12H20N2O2S2.ClH/c1-9-6-12(10(2)17-9)18(15,16)14-5-3-4-11(7-13)8-14;/h6,11H,3-5,7-8,13H2,1-2H3;1H. The van der Waals surface area contributed by atoms with Crippen molar-refractivity contribution >= 4 is 33.8 Å². The molecule has 1 unspecified atom stereocenters. The molecule has 1 aliphatic rings. The zero-order valence-corrected chi connectivity index (χ0v) is 13.7. The monoisotopic (exact) mass is 324 g/mol. The van der Waals surface area contributed by atoms with Gasteiger partial charge in [-0.2, -0.15) is 4.31 Å². The number of hydrogen-bond acceptors (Lipinski definition) is 4. The molecule has 110 valence electrons. The van der Waals surface area contributed by atoms with Gasteiger partial charge in [-0.3, -0.25) is 0 Å². The highest BCUT2D eigenvalue weighted by Crippen LogP contribution is 2.30. The van der Waals surface area contributed by atoms with Gasteiger partial charge >= 0.3 is 0 Å². The molecule has 0 spiro atoms. The van der Waals surface area contributed by atoms with E-state index in [9.17, 15) is 8.42 Å². The summed E-state index contributed by atoms with van der Waals surface area (Å²) in [7, 11) is -3.33. The fraction of sp³-hybridized carbons (Fsp3) is 0.667. The lowest BCUT2D eigenvalue weighted by atomic mass is 10.0. The van der Waals surface area contributed by atoms with Gasteiger partial charge in [-0.05, 0) is 45.2 Å². The van der Waals surface area contributed by atoms with Gasteiger partial charge in [0.1, 0.15) is 0 Å². The van der Waals surface area contributed by atoms with Gasteiger partial charge in [0.2, 0.25) is 10.0 Å². The third-order valence-corrected chi connectivity index (χ3v) is 6.51. The lowest BCUT2D eigenvalue weighted by Crippen LogP contribution is -2.42. The summed E-state index contributed by atoms with van der Waals surface area (Å²) in [5.41, 5.74) is 5.66. The van der Waals surface area contributed by atoms with Gasteiger partial charge in [0.05, 0.1) is 4.90 Å². The van der Waals surface area contributed by atoms with Crippen LogP contribution in [-0.4, -0.2) is 32.4 Å². The van der Waals surface area contributed by atoms with Gasteiger partial charge in [0.25, 0.3) is 0 Å². The maximum Gasteiger partial charge on any atom is 0.244 e. The summed E-state index contributed by atoms with van der Waals surface area (Å²) in [6.07, 6.45) is 1.94. The zero-order valence-electron chi connectivity index (χ0n) is 11.3. The summed E-state index contributed by atoms with van der Waals surface area (Å²) in [5.74, 6) is 0.300. The number of rotatable bonds is 3. The molecule has 1 atom stereocenters. The lowest BCUT2D eigenvalue weighted by molar-refractivity contribution is 0.271. The van der Waals surface area contributed by atoms with Gasteiger partial charge in [-0.25, -0.2) is 8.42 Å². The summed E-state index contributed by atoms with van der Waals surface area (Å²) in [4.78, 5) is 2.39. The molecule has 19 heavy (non-hydrogen) atoms. The molecule has 0 aromatic carbocycles. The molecule has 0 amide bonds. The highest BCUT2D eigenvalue weighted by Gasteiger charge is 2.31. The normalized spacial score (nSPS) is 21.1. The van der Waals surface area contributed by atoms with Gasteiger partial charge in [0.15, 0.2) is 0 Å². The van der Waals surface area contributed by atoms with Crippen LogP contribution in [-0.2, 0) is 10.0 Å². The van der Waals surface area contributed by atoms with Gasteiger partial charge in [-0.1, -0.05) is 0 Å². The Kier molecular flexibility index (Phi) is 5.82. The summed E-state index contributed by atoms with van der Waals surface area (Å²) >= 11 is 1.54. The quantitative estimate of drug-likeness (QED) is 0.926. The Bertz CT molecular complexity index is 528. The minimum Gasteiger partial charge on any atom is -0.330 e.